The van der Waals surface area contributed by atoms with Gasteiger partial charge in [-0.05, 0) is 31.0 Å². The lowest BCUT2D eigenvalue weighted by molar-refractivity contribution is -0.196. The first kappa shape index (κ1) is 13.0. The summed E-state index contributed by atoms with van der Waals surface area (Å²) < 4.78 is 15.7. The second kappa shape index (κ2) is 5.87. The number of hydrogen-bond donors (Lipinski definition) is 0. The molecule has 0 N–H and O–H groups in total. The number of benzene rings is 1. The van der Waals surface area contributed by atoms with Gasteiger partial charge in [-0.2, -0.15) is 0 Å². The van der Waals surface area contributed by atoms with Crippen LogP contribution in [0.4, 0.5) is 0 Å². The lowest BCUT2D eigenvalue weighted by atomic mass is 10.1. The smallest absolute Gasteiger partial charge is 0.165 e. The Morgan fingerprint density at radius 2 is 1.56 bits per heavy atom. The van der Waals surface area contributed by atoms with Gasteiger partial charge in [-0.1, -0.05) is 12.1 Å². The summed E-state index contributed by atoms with van der Waals surface area (Å²) in [5.41, 5.74) is 1.25. The molecule has 0 heterocycles. The van der Waals surface area contributed by atoms with Gasteiger partial charge >= 0.3 is 0 Å². The Bertz CT molecular complexity index is 301. The average molecular weight is 224 g/mol. The van der Waals surface area contributed by atoms with Gasteiger partial charge in [0.2, 0.25) is 0 Å². The highest BCUT2D eigenvalue weighted by atomic mass is 16.7. The van der Waals surface area contributed by atoms with Crippen LogP contribution in [0.25, 0.3) is 0 Å². The van der Waals surface area contributed by atoms with Crippen molar-refractivity contribution in [2.75, 3.05) is 21.3 Å². The van der Waals surface area contributed by atoms with E-state index >= 15 is 0 Å². The molecule has 1 aromatic carbocycles. The second-order valence-corrected chi connectivity index (χ2v) is 3.89. The molecule has 0 radical (unpaired) electrons. The van der Waals surface area contributed by atoms with E-state index < -0.39 is 5.79 Å². The minimum atomic E-state index is -0.500. The van der Waals surface area contributed by atoms with Gasteiger partial charge < -0.3 is 14.2 Å². The van der Waals surface area contributed by atoms with Crippen molar-refractivity contribution < 1.29 is 14.2 Å². The molecule has 0 saturated carbocycles. The quantitative estimate of drug-likeness (QED) is 0.695. The zero-order valence-electron chi connectivity index (χ0n) is 10.4. The Labute approximate surface area is 97.3 Å². The monoisotopic (exact) mass is 224 g/mol. The topological polar surface area (TPSA) is 27.7 Å². The lowest BCUT2D eigenvalue weighted by Gasteiger charge is -2.26. The van der Waals surface area contributed by atoms with Crippen LogP contribution in [0.5, 0.6) is 5.75 Å². The molecule has 0 aliphatic heterocycles. The fourth-order valence-electron chi connectivity index (χ4n) is 1.45. The summed E-state index contributed by atoms with van der Waals surface area (Å²) in [6.07, 6.45) is 1.74. The van der Waals surface area contributed by atoms with Crippen LogP contribution < -0.4 is 4.74 Å². The van der Waals surface area contributed by atoms with Gasteiger partial charge in [0, 0.05) is 20.6 Å². The second-order valence-electron chi connectivity index (χ2n) is 3.89. The number of methoxy groups -OCH3 is 3. The summed E-state index contributed by atoms with van der Waals surface area (Å²) in [5, 5.41) is 0. The van der Waals surface area contributed by atoms with Crippen molar-refractivity contribution in [3.63, 3.8) is 0 Å². The highest BCUT2D eigenvalue weighted by Crippen LogP contribution is 2.19. The zero-order valence-corrected chi connectivity index (χ0v) is 10.4. The molecule has 16 heavy (non-hydrogen) atoms. The molecule has 1 aromatic rings. The molecule has 0 spiro atoms. The van der Waals surface area contributed by atoms with Crippen LogP contribution >= 0.6 is 0 Å². The molecule has 0 unspecified atom stereocenters. The zero-order chi connectivity index (χ0) is 12.0. The van der Waals surface area contributed by atoms with Crippen molar-refractivity contribution in [3.05, 3.63) is 29.8 Å². The number of rotatable bonds is 6. The van der Waals surface area contributed by atoms with Crippen molar-refractivity contribution in [1.29, 1.82) is 0 Å². The largest absolute Gasteiger partial charge is 0.497 e. The third kappa shape index (κ3) is 3.51. The molecule has 0 aliphatic carbocycles. The maximum atomic E-state index is 5.31. The van der Waals surface area contributed by atoms with E-state index in [0.29, 0.717) is 0 Å². The molecule has 3 heteroatoms. The Balaban J connectivity index is 2.54. The molecule has 0 bridgehead atoms. The van der Waals surface area contributed by atoms with Gasteiger partial charge in [-0.15, -0.1) is 0 Å². The van der Waals surface area contributed by atoms with E-state index in [9.17, 15) is 0 Å². The van der Waals surface area contributed by atoms with Gasteiger partial charge in [-0.25, -0.2) is 0 Å². The van der Waals surface area contributed by atoms with Gasteiger partial charge in [-0.3, -0.25) is 0 Å². The SMILES string of the molecule is COc1ccc(CCC(C)(OC)OC)cc1. The van der Waals surface area contributed by atoms with E-state index in [0.717, 1.165) is 18.6 Å². The first-order valence-corrected chi connectivity index (χ1v) is 5.37. The minimum absolute atomic E-state index is 0.500. The van der Waals surface area contributed by atoms with Crippen LogP contribution in [-0.2, 0) is 15.9 Å². The summed E-state index contributed by atoms with van der Waals surface area (Å²) in [5.74, 6) is 0.380. The van der Waals surface area contributed by atoms with Gasteiger partial charge in [0.25, 0.3) is 0 Å². The van der Waals surface area contributed by atoms with Crippen molar-refractivity contribution in [2.24, 2.45) is 0 Å². The first-order valence-electron chi connectivity index (χ1n) is 5.37. The Kier molecular flexibility index (Phi) is 4.77. The van der Waals surface area contributed by atoms with Crippen molar-refractivity contribution in [1.82, 2.24) is 0 Å². The highest BCUT2D eigenvalue weighted by molar-refractivity contribution is 5.27. The summed E-state index contributed by atoms with van der Waals surface area (Å²) in [4.78, 5) is 0. The fraction of sp³-hybridized carbons (Fsp3) is 0.538. The predicted octanol–water partition coefficient (Wildman–Crippen LogP) is 2.64. The van der Waals surface area contributed by atoms with E-state index in [1.807, 2.05) is 19.1 Å². The number of hydrogen-bond acceptors (Lipinski definition) is 3. The van der Waals surface area contributed by atoms with Crippen molar-refractivity contribution in [3.8, 4) is 5.75 Å². The molecule has 0 saturated heterocycles. The Morgan fingerprint density at radius 3 is 2.00 bits per heavy atom. The maximum absolute atomic E-state index is 5.31. The van der Waals surface area contributed by atoms with Crippen LogP contribution in [0.15, 0.2) is 24.3 Å². The average Bonchev–Trinajstić information content (AvgIpc) is 2.36. The van der Waals surface area contributed by atoms with Gasteiger partial charge in [0.15, 0.2) is 5.79 Å². The Morgan fingerprint density at radius 1 is 1.00 bits per heavy atom. The van der Waals surface area contributed by atoms with Crippen molar-refractivity contribution in [2.45, 2.75) is 25.6 Å². The molecule has 0 fully saturated rings. The van der Waals surface area contributed by atoms with Gasteiger partial charge in [0.05, 0.1) is 7.11 Å². The van der Waals surface area contributed by atoms with Crippen molar-refractivity contribution >= 4 is 0 Å². The van der Waals surface area contributed by atoms with E-state index in [4.69, 9.17) is 14.2 Å². The van der Waals surface area contributed by atoms with Crippen LogP contribution in [0, 0.1) is 0 Å². The lowest BCUT2D eigenvalue weighted by Crippen LogP contribution is -2.30. The predicted molar refractivity (Wildman–Crippen MR) is 63.7 cm³/mol. The summed E-state index contributed by atoms with van der Waals surface area (Å²) in [7, 11) is 5.00. The molecule has 0 aromatic heterocycles. The van der Waals surface area contributed by atoms with Crippen LogP contribution in [0.1, 0.15) is 18.9 Å². The van der Waals surface area contributed by atoms with Gasteiger partial charge in [0.1, 0.15) is 5.75 Å². The van der Waals surface area contributed by atoms with E-state index in [-0.39, 0.29) is 0 Å². The molecule has 0 atom stereocenters. The molecule has 3 nitrogen and oxygen atoms in total. The first-order chi connectivity index (χ1) is 7.63. The van der Waals surface area contributed by atoms with Crippen LogP contribution in [-0.4, -0.2) is 27.1 Å². The molecule has 0 aliphatic rings. The highest BCUT2D eigenvalue weighted by Gasteiger charge is 2.21. The number of aryl methyl sites for hydroxylation is 1. The molecular weight excluding hydrogens is 204 g/mol. The van der Waals surface area contributed by atoms with E-state index in [1.54, 1.807) is 21.3 Å². The van der Waals surface area contributed by atoms with E-state index in [2.05, 4.69) is 12.1 Å². The van der Waals surface area contributed by atoms with Crippen LogP contribution in [0.2, 0.25) is 0 Å². The summed E-state index contributed by atoms with van der Waals surface area (Å²) >= 11 is 0. The summed E-state index contributed by atoms with van der Waals surface area (Å²) in [6, 6.07) is 8.05. The third-order valence-electron chi connectivity index (χ3n) is 2.89. The molecule has 90 valence electrons. The maximum Gasteiger partial charge on any atom is 0.165 e. The number of ether oxygens (including phenoxy) is 3. The fourth-order valence-corrected chi connectivity index (χ4v) is 1.45. The van der Waals surface area contributed by atoms with Crippen LogP contribution in [0.3, 0.4) is 0 Å². The normalized spacial score (nSPS) is 11.5. The standard InChI is InChI=1S/C13H20O3/c1-13(15-3,16-4)10-9-11-5-7-12(14-2)8-6-11/h5-8H,9-10H2,1-4H3. The molecule has 0 amide bonds. The third-order valence-corrected chi connectivity index (χ3v) is 2.89. The van der Waals surface area contributed by atoms with E-state index in [1.165, 1.54) is 5.56 Å². The summed E-state index contributed by atoms with van der Waals surface area (Å²) in [6.45, 7) is 1.94. The minimum Gasteiger partial charge on any atom is -0.497 e. The molecular formula is C13H20O3. The molecule has 1 rings (SSSR count). The Hall–Kier alpha value is -1.06.